The van der Waals surface area contributed by atoms with Crippen LogP contribution in [-0.4, -0.2) is 11.0 Å². The van der Waals surface area contributed by atoms with Crippen molar-refractivity contribution in [2.75, 3.05) is 5.32 Å². The fourth-order valence-electron chi connectivity index (χ4n) is 2.26. The van der Waals surface area contributed by atoms with E-state index in [1.54, 1.807) is 0 Å². The number of nitrogens with two attached hydrogens (primary N) is 1. The minimum atomic E-state index is 0.450. The normalized spacial score (nSPS) is 12.2. The van der Waals surface area contributed by atoms with Gasteiger partial charge in [-0.15, -0.1) is 0 Å². The molecule has 0 aromatic heterocycles. The van der Waals surface area contributed by atoms with E-state index in [2.05, 4.69) is 32.2 Å². The van der Waals surface area contributed by atoms with Crippen LogP contribution >= 0.6 is 12.2 Å². The number of rotatable bonds is 8. The van der Waals surface area contributed by atoms with Crippen LogP contribution in [0.3, 0.4) is 0 Å². The van der Waals surface area contributed by atoms with Crippen LogP contribution in [0.25, 0.3) is 0 Å². The average molecular weight is 278 g/mol. The second kappa shape index (κ2) is 8.16. The van der Waals surface area contributed by atoms with E-state index in [0.29, 0.717) is 11.0 Å². The second-order valence-corrected chi connectivity index (χ2v) is 5.70. The number of nitrogens with one attached hydrogen (secondary N) is 1. The fraction of sp³-hybridized carbons (Fsp3) is 0.562. The lowest BCUT2D eigenvalue weighted by atomic mass is 10.0. The maximum Gasteiger partial charge on any atom is 0.106 e. The van der Waals surface area contributed by atoms with Crippen molar-refractivity contribution in [3.8, 4) is 0 Å². The minimum Gasteiger partial charge on any atom is -0.389 e. The van der Waals surface area contributed by atoms with Crippen LogP contribution in [0, 0.1) is 6.92 Å². The van der Waals surface area contributed by atoms with Gasteiger partial charge in [-0.2, -0.15) is 0 Å². The zero-order valence-corrected chi connectivity index (χ0v) is 13.1. The van der Waals surface area contributed by atoms with Crippen molar-refractivity contribution in [2.45, 2.75) is 58.9 Å². The number of thiocarbonyl (C=S) groups is 1. The summed E-state index contributed by atoms with van der Waals surface area (Å²) in [6, 6.07) is 6.53. The molecule has 0 fully saturated rings. The third-order valence-electron chi connectivity index (χ3n) is 3.42. The Hall–Kier alpha value is -1.09. The molecule has 0 saturated heterocycles. The Morgan fingerprint density at radius 1 is 1.32 bits per heavy atom. The molecule has 19 heavy (non-hydrogen) atoms. The zero-order valence-electron chi connectivity index (χ0n) is 12.3. The number of unbranched alkanes of at least 4 members (excludes halogenated alkanes) is 3. The zero-order chi connectivity index (χ0) is 14.3. The molecule has 1 rings (SSSR count). The smallest absolute Gasteiger partial charge is 0.106 e. The van der Waals surface area contributed by atoms with Crippen LogP contribution in [0.15, 0.2) is 18.2 Å². The Bertz CT molecular complexity index is 415. The summed E-state index contributed by atoms with van der Waals surface area (Å²) in [5.74, 6) is 0. The molecule has 0 aliphatic heterocycles. The van der Waals surface area contributed by atoms with E-state index in [1.165, 1.54) is 37.7 Å². The van der Waals surface area contributed by atoms with E-state index in [-0.39, 0.29) is 0 Å². The van der Waals surface area contributed by atoms with Crippen molar-refractivity contribution in [1.29, 1.82) is 0 Å². The molecule has 1 aromatic carbocycles. The predicted molar refractivity (Wildman–Crippen MR) is 88.9 cm³/mol. The first-order valence-electron chi connectivity index (χ1n) is 7.22. The van der Waals surface area contributed by atoms with Gasteiger partial charge in [0.15, 0.2) is 0 Å². The lowest BCUT2D eigenvalue weighted by Gasteiger charge is -2.19. The first kappa shape index (κ1) is 16.0. The molecule has 2 nitrogen and oxygen atoms in total. The molecular weight excluding hydrogens is 252 g/mol. The highest BCUT2D eigenvalue weighted by atomic mass is 32.1. The minimum absolute atomic E-state index is 0.450. The van der Waals surface area contributed by atoms with Gasteiger partial charge in [-0.25, -0.2) is 0 Å². The Balaban J connectivity index is 2.63. The highest BCUT2D eigenvalue weighted by Gasteiger charge is 2.10. The number of aryl methyl sites for hydroxylation is 1. The summed E-state index contributed by atoms with van der Waals surface area (Å²) in [6.07, 6.45) is 6.39. The number of anilines is 1. The first-order valence-corrected chi connectivity index (χ1v) is 7.63. The van der Waals surface area contributed by atoms with E-state index in [0.717, 1.165) is 11.3 Å². The van der Waals surface area contributed by atoms with Crippen LogP contribution in [0.4, 0.5) is 5.69 Å². The maximum atomic E-state index is 5.79. The van der Waals surface area contributed by atoms with Crippen molar-refractivity contribution < 1.29 is 0 Å². The number of hydrogen-bond acceptors (Lipinski definition) is 2. The highest BCUT2D eigenvalue weighted by Crippen LogP contribution is 2.22. The molecule has 3 heteroatoms. The maximum absolute atomic E-state index is 5.79. The van der Waals surface area contributed by atoms with Gasteiger partial charge < -0.3 is 11.1 Å². The SMILES string of the molecule is CCCCCCC(C)Nc1c(C)cccc1C(N)=S. The summed E-state index contributed by atoms with van der Waals surface area (Å²) >= 11 is 5.12. The summed E-state index contributed by atoms with van der Waals surface area (Å²) in [5, 5.41) is 3.57. The summed E-state index contributed by atoms with van der Waals surface area (Å²) in [5.41, 5.74) is 9.04. The molecule has 1 unspecified atom stereocenters. The van der Waals surface area contributed by atoms with Crippen LogP contribution in [0.2, 0.25) is 0 Å². The predicted octanol–water partition coefficient (Wildman–Crippen LogP) is 4.40. The van der Waals surface area contributed by atoms with E-state index < -0.39 is 0 Å². The van der Waals surface area contributed by atoms with Gasteiger partial charge >= 0.3 is 0 Å². The van der Waals surface area contributed by atoms with E-state index in [1.807, 2.05) is 12.1 Å². The van der Waals surface area contributed by atoms with Crippen LogP contribution in [0.5, 0.6) is 0 Å². The van der Waals surface area contributed by atoms with Gasteiger partial charge in [-0.3, -0.25) is 0 Å². The molecule has 0 saturated carbocycles. The quantitative estimate of drug-likeness (QED) is 0.547. The monoisotopic (exact) mass is 278 g/mol. The third kappa shape index (κ3) is 5.19. The average Bonchev–Trinajstić information content (AvgIpc) is 2.37. The van der Waals surface area contributed by atoms with Gasteiger partial charge in [0.25, 0.3) is 0 Å². The topological polar surface area (TPSA) is 38.0 Å². The molecule has 0 radical (unpaired) electrons. The van der Waals surface area contributed by atoms with Gasteiger partial charge in [0.1, 0.15) is 4.99 Å². The van der Waals surface area contributed by atoms with Gasteiger partial charge in [-0.05, 0) is 31.9 Å². The van der Waals surface area contributed by atoms with Crippen LogP contribution in [0.1, 0.15) is 57.1 Å². The molecular formula is C16H26N2S. The summed E-state index contributed by atoms with van der Waals surface area (Å²) in [4.78, 5) is 0.462. The summed E-state index contributed by atoms with van der Waals surface area (Å²) in [7, 11) is 0. The highest BCUT2D eigenvalue weighted by molar-refractivity contribution is 7.80. The molecule has 1 aromatic rings. The number of benzene rings is 1. The summed E-state index contributed by atoms with van der Waals surface area (Å²) in [6.45, 7) is 6.55. The molecule has 0 heterocycles. The van der Waals surface area contributed by atoms with Gasteiger partial charge in [0, 0.05) is 17.3 Å². The molecule has 0 aliphatic carbocycles. The molecule has 0 bridgehead atoms. The van der Waals surface area contributed by atoms with Crippen LogP contribution in [-0.2, 0) is 0 Å². The Morgan fingerprint density at radius 2 is 2.05 bits per heavy atom. The van der Waals surface area contributed by atoms with Crippen molar-refractivity contribution in [1.82, 2.24) is 0 Å². The van der Waals surface area contributed by atoms with Crippen molar-refractivity contribution in [3.63, 3.8) is 0 Å². The van der Waals surface area contributed by atoms with Crippen molar-refractivity contribution in [3.05, 3.63) is 29.3 Å². The second-order valence-electron chi connectivity index (χ2n) is 5.26. The lowest BCUT2D eigenvalue weighted by Crippen LogP contribution is -2.20. The number of hydrogen-bond donors (Lipinski definition) is 2. The summed E-state index contributed by atoms with van der Waals surface area (Å²) < 4.78 is 0. The third-order valence-corrected chi connectivity index (χ3v) is 3.64. The molecule has 0 amide bonds. The van der Waals surface area contributed by atoms with Crippen LogP contribution < -0.4 is 11.1 Å². The Morgan fingerprint density at radius 3 is 2.68 bits per heavy atom. The Labute approximate surface area is 122 Å². The fourth-order valence-corrected chi connectivity index (χ4v) is 2.43. The molecule has 0 spiro atoms. The standard InChI is InChI=1S/C16H26N2S/c1-4-5-6-7-10-13(3)18-15-12(2)9-8-11-14(15)16(17)19/h8-9,11,13,18H,4-7,10H2,1-3H3,(H2,17,19). The molecule has 3 N–H and O–H groups in total. The molecule has 1 atom stereocenters. The van der Waals surface area contributed by atoms with Gasteiger partial charge in [0.05, 0.1) is 0 Å². The van der Waals surface area contributed by atoms with Gasteiger partial charge in [0.2, 0.25) is 0 Å². The first-order chi connectivity index (χ1) is 9.06. The Kier molecular flexibility index (Phi) is 6.85. The van der Waals surface area contributed by atoms with Crippen molar-refractivity contribution in [2.24, 2.45) is 5.73 Å². The molecule has 0 aliphatic rings. The van der Waals surface area contributed by atoms with Crippen molar-refractivity contribution >= 4 is 22.9 Å². The molecule has 106 valence electrons. The number of para-hydroxylation sites is 1. The lowest BCUT2D eigenvalue weighted by molar-refractivity contribution is 0.594. The van der Waals surface area contributed by atoms with E-state index in [9.17, 15) is 0 Å². The largest absolute Gasteiger partial charge is 0.389 e. The van der Waals surface area contributed by atoms with E-state index >= 15 is 0 Å². The van der Waals surface area contributed by atoms with E-state index in [4.69, 9.17) is 18.0 Å². The van der Waals surface area contributed by atoms with Gasteiger partial charge in [-0.1, -0.05) is 57.0 Å².